The van der Waals surface area contributed by atoms with Gasteiger partial charge in [0, 0.05) is 37.6 Å². The van der Waals surface area contributed by atoms with Crippen LogP contribution in [-0.2, 0) is 6.54 Å². The normalized spacial score (nSPS) is 21.0. The molecule has 0 saturated carbocycles. The fraction of sp³-hybridized carbons (Fsp3) is 0.500. The highest BCUT2D eigenvalue weighted by Crippen LogP contribution is 2.36. The molecule has 5 heteroatoms. The van der Waals surface area contributed by atoms with Crippen molar-refractivity contribution in [3.63, 3.8) is 0 Å². The summed E-state index contributed by atoms with van der Waals surface area (Å²) in [6, 6.07) is 10.7. The first kappa shape index (κ1) is 17.8. The van der Waals surface area contributed by atoms with Crippen molar-refractivity contribution in [1.29, 1.82) is 0 Å². The number of hydrogen-bond acceptors (Lipinski definition) is 5. The number of likely N-dealkylation sites (tertiary alicyclic amines) is 1. The molecule has 1 saturated heterocycles. The fourth-order valence-corrected chi connectivity index (χ4v) is 3.81. The van der Waals surface area contributed by atoms with Crippen molar-refractivity contribution in [2.75, 3.05) is 33.8 Å². The van der Waals surface area contributed by atoms with E-state index in [0.717, 1.165) is 25.3 Å². The van der Waals surface area contributed by atoms with E-state index in [1.54, 1.807) is 0 Å². The molecule has 5 nitrogen and oxygen atoms in total. The third-order valence-corrected chi connectivity index (χ3v) is 4.85. The molecule has 25 heavy (non-hydrogen) atoms. The van der Waals surface area contributed by atoms with E-state index in [2.05, 4.69) is 46.0 Å². The maximum Gasteiger partial charge on any atom is 0.213 e. The summed E-state index contributed by atoms with van der Waals surface area (Å²) in [5.41, 5.74) is 2.37. The molecule has 0 radical (unpaired) electrons. The quantitative estimate of drug-likeness (QED) is 0.775. The summed E-state index contributed by atoms with van der Waals surface area (Å²) in [5, 5.41) is 0. The zero-order valence-corrected chi connectivity index (χ0v) is 15.4. The van der Waals surface area contributed by atoms with E-state index in [0.29, 0.717) is 24.4 Å². The molecule has 0 aliphatic carbocycles. The Balaban J connectivity index is 1.64. The summed E-state index contributed by atoms with van der Waals surface area (Å²) in [6.07, 6.45) is 5.07. The standard InChI is InChI=1S/C20H28N4O/c1-4-25-19-9-5-8-18(22-19)15-23(2)14-17-10-12-24(3)20(17)16-7-6-11-21-13-16/h5-9,11,13,17,20H,4,10,12,14-15H2,1-3H3/t17-,20-/m0/s1. The van der Waals surface area contributed by atoms with Crippen LogP contribution in [0, 0.1) is 5.92 Å². The third-order valence-electron chi connectivity index (χ3n) is 4.85. The van der Waals surface area contributed by atoms with E-state index < -0.39 is 0 Å². The van der Waals surface area contributed by atoms with Crippen molar-refractivity contribution in [3.05, 3.63) is 54.0 Å². The van der Waals surface area contributed by atoms with Gasteiger partial charge in [-0.25, -0.2) is 4.98 Å². The van der Waals surface area contributed by atoms with E-state index in [1.165, 1.54) is 12.0 Å². The molecule has 1 fully saturated rings. The minimum atomic E-state index is 0.443. The molecule has 2 atom stereocenters. The number of nitrogens with zero attached hydrogens (tertiary/aromatic N) is 4. The SMILES string of the molecule is CCOc1cccc(CN(C)C[C@@H]2CCN(C)[C@H]2c2cccnc2)n1. The molecular weight excluding hydrogens is 312 g/mol. The summed E-state index contributed by atoms with van der Waals surface area (Å²) in [7, 11) is 4.39. The summed E-state index contributed by atoms with van der Waals surface area (Å²) in [6.45, 7) is 5.64. The molecule has 0 amide bonds. The smallest absolute Gasteiger partial charge is 0.213 e. The van der Waals surface area contributed by atoms with Gasteiger partial charge in [0.25, 0.3) is 0 Å². The van der Waals surface area contributed by atoms with Crippen LogP contribution in [0.1, 0.15) is 30.6 Å². The highest BCUT2D eigenvalue weighted by molar-refractivity contribution is 5.18. The number of rotatable bonds is 7. The van der Waals surface area contributed by atoms with Gasteiger partial charge in [-0.05, 0) is 57.6 Å². The molecule has 3 rings (SSSR count). The lowest BCUT2D eigenvalue weighted by molar-refractivity contribution is 0.212. The molecule has 2 aromatic heterocycles. The highest BCUT2D eigenvalue weighted by Gasteiger charge is 2.33. The second-order valence-corrected chi connectivity index (χ2v) is 6.86. The summed E-state index contributed by atoms with van der Waals surface area (Å²) in [5.74, 6) is 1.32. The number of ether oxygens (including phenoxy) is 1. The average molecular weight is 340 g/mol. The Kier molecular flexibility index (Phi) is 6.00. The first-order valence-electron chi connectivity index (χ1n) is 9.04. The van der Waals surface area contributed by atoms with Crippen molar-refractivity contribution < 1.29 is 4.74 Å². The van der Waals surface area contributed by atoms with Gasteiger partial charge in [0.2, 0.25) is 5.88 Å². The molecule has 0 unspecified atom stereocenters. The molecule has 1 aliphatic rings. The molecule has 1 aliphatic heterocycles. The molecule has 0 spiro atoms. The predicted molar refractivity (Wildman–Crippen MR) is 99.5 cm³/mol. The van der Waals surface area contributed by atoms with E-state index in [1.807, 2.05) is 37.5 Å². The van der Waals surface area contributed by atoms with Crippen LogP contribution in [0.4, 0.5) is 0 Å². The fourth-order valence-electron chi connectivity index (χ4n) is 3.81. The van der Waals surface area contributed by atoms with Crippen molar-refractivity contribution in [2.24, 2.45) is 5.92 Å². The van der Waals surface area contributed by atoms with Gasteiger partial charge < -0.3 is 9.64 Å². The monoisotopic (exact) mass is 340 g/mol. The van der Waals surface area contributed by atoms with Crippen LogP contribution in [0.5, 0.6) is 5.88 Å². The lowest BCUT2D eigenvalue weighted by Crippen LogP contribution is -2.30. The van der Waals surface area contributed by atoms with Crippen LogP contribution in [0.3, 0.4) is 0 Å². The summed E-state index contributed by atoms with van der Waals surface area (Å²) in [4.78, 5) is 13.7. The minimum Gasteiger partial charge on any atom is -0.478 e. The topological polar surface area (TPSA) is 41.5 Å². The largest absolute Gasteiger partial charge is 0.478 e. The maximum atomic E-state index is 5.51. The van der Waals surface area contributed by atoms with E-state index in [4.69, 9.17) is 4.74 Å². The molecule has 0 aromatic carbocycles. The Labute approximate surface area is 150 Å². The van der Waals surface area contributed by atoms with Crippen LogP contribution in [0.2, 0.25) is 0 Å². The predicted octanol–water partition coefficient (Wildman–Crippen LogP) is 3.00. The summed E-state index contributed by atoms with van der Waals surface area (Å²) < 4.78 is 5.51. The Morgan fingerprint density at radius 1 is 1.28 bits per heavy atom. The minimum absolute atomic E-state index is 0.443. The van der Waals surface area contributed by atoms with Crippen molar-refractivity contribution >= 4 is 0 Å². The van der Waals surface area contributed by atoms with E-state index in [9.17, 15) is 0 Å². The van der Waals surface area contributed by atoms with Crippen LogP contribution < -0.4 is 4.74 Å². The number of hydrogen-bond donors (Lipinski definition) is 0. The van der Waals surface area contributed by atoms with E-state index >= 15 is 0 Å². The van der Waals surface area contributed by atoms with Gasteiger partial charge in [-0.2, -0.15) is 0 Å². The third kappa shape index (κ3) is 4.55. The molecule has 0 N–H and O–H groups in total. The average Bonchev–Trinajstić information content (AvgIpc) is 2.96. The zero-order chi connectivity index (χ0) is 17.6. The zero-order valence-electron chi connectivity index (χ0n) is 15.4. The molecule has 134 valence electrons. The van der Waals surface area contributed by atoms with Gasteiger partial charge in [-0.1, -0.05) is 12.1 Å². The van der Waals surface area contributed by atoms with Gasteiger partial charge in [-0.15, -0.1) is 0 Å². The molecule has 2 aromatic rings. The second-order valence-electron chi connectivity index (χ2n) is 6.86. The van der Waals surface area contributed by atoms with Gasteiger partial charge in [0.05, 0.1) is 12.3 Å². The molecular formula is C20H28N4O. The van der Waals surface area contributed by atoms with E-state index in [-0.39, 0.29) is 0 Å². The van der Waals surface area contributed by atoms with Gasteiger partial charge in [0.1, 0.15) is 0 Å². The Morgan fingerprint density at radius 2 is 2.16 bits per heavy atom. The maximum absolute atomic E-state index is 5.51. The van der Waals surface area contributed by atoms with Crippen LogP contribution >= 0.6 is 0 Å². The van der Waals surface area contributed by atoms with Crippen LogP contribution in [-0.4, -0.2) is 53.6 Å². The first-order chi connectivity index (χ1) is 12.2. The number of aromatic nitrogens is 2. The van der Waals surface area contributed by atoms with Crippen LogP contribution in [0.15, 0.2) is 42.7 Å². The molecule has 3 heterocycles. The molecule has 0 bridgehead atoms. The lowest BCUT2D eigenvalue weighted by Gasteiger charge is -2.28. The second kappa shape index (κ2) is 8.41. The van der Waals surface area contributed by atoms with Gasteiger partial charge >= 0.3 is 0 Å². The van der Waals surface area contributed by atoms with Gasteiger partial charge in [-0.3, -0.25) is 9.88 Å². The first-order valence-corrected chi connectivity index (χ1v) is 9.04. The Bertz CT molecular complexity index is 664. The highest BCUT2D eigenvalue weighted by atomic mass is 16.5. The Hall–Kier alpha value is -1.98. The summed E-state index contributed by atoms with van der Waals surface area (Å²) >= 11 is 0. The van der Waals surface area contributed by atoms with Crippen molar-refractivity contribution in [3.8, 4) is 5.88 Å². The van der Waals surface area contributed by atoms with Crippen molar-refractivity contribution in [1.82, 2.24) is 19.8 Å². The van der Waals surface area contributed by atoms with Crippen LogP contribution in [0.25, 0.3) is 0 Å². The lowest BCUT2D eigenvalue weighted by atomic mass is 9.94. The van der Waals surface area contributed by atoms with Gasteiger partial charge in [0.15, 0.2) is 0 Å². The Morgan fingerprint density at radius 3 is 2.92 bits per heavy atom. The van der Waals surface area contributed by atoms with Crippen molar-refractivity contribution in [2.45, 2.75) is 25.9 Å². The number of pyridine rings is 2.